The molecule has 0 fully saturated rings. The first kappa shape index (κ1) is 18.4. The number of phenols is 3. The summed E-state index contributed by atoms with van der Waals surface area (Å²) in [6.45, 7) is 0. The highest BCUT2D eigenvalue weighted by Crippen LogP contribution is 2.43. The van der Waals surface area contributed by atoms with Crippen molar-refractivity contribution in [2.75, 3.05) is 7.11 Å². The van der Waals surface area contributed by atoms with E-state index in [4.69, 9.17) is 13.7 Å². The Labute approximate surface area is 151 Å². The van der Waals surface area contributed by atoms with Crippen molar-refractivity contribution in [2.24, 2.45) is 0 Å². The lowest BCUT2D eigenvalue weighted by molar-refractivity contribution is 0.358. The topological polar surface area (TPSA) is 164 Å². The summed E-state index contributed by atoms with van der Waals surface area (Å²) in [5.74, 6) is -3.38. The van der Waals surface area contributed by atoms with Crippen molar-refractivity contribution in [3.8, 4) is 40.1 Å². The third-order valence-corrected chi connectivity index (χ3v) is 3.97. The molecule has 0 unspecified atom stereocenters. The summed E-state index contributed by atoms with van der Waals surface area (Å²) in [5.41, 5.74) is -0.876. The van der Waals surface area contributed by atoms with Gasteiger partial charge >= 0.3 is 10.4 Å². The Morgan fingerprint density at radius 1 is 1.04 bits per heavy atom. The van der Waals surface area contributed by atoms with Crippen molar-refractivity contribution < 1.29 is 41.6 Å². The van der Waals surface area contributed by atoms with Crippen molar-refractivity contribution >= 4 is 21.4 Å². The van der Waals surface area contributed by atoms with Crippen molar-refractivity contribution in [3.63, 3.8) is 0 Å². The highest BCUT2D eigenvalue weighted by molar-refractivity contribution is 7.81. The highest BCUT2D eigenvalue weighted by Gasteiger charge is 2.25. The molecule has 27 heavy (non-hydrogen) atoms. The van der Waals surface area contributed by atoms with Crippen molar-refractivity contribution in [1.82, 2.24) is 0 Å². The van der Waals surface area contributed by atoms with Gasteiger partial charge in [-0.25, -0.2) is 0 Å². The molecule has 10 nitrogen and oxygen atoms in total. The molecule has 0 aliphatic rings. The Balaban J connectivity index is 2.37. The lowest BCUT2D eigenvalue weighted by Crippen LogP contribution is -2.10. The van der Waals surface area contributed by atoms with Gasteiger partial charge in [0.1, 0.15) is 16.7 Å². The first-order valence-electron chi connectivity index (χ1n) is 7.18. The van der Waals surface area contributed by atoms with Crippen LogP contribution >= 0.6 is 0 Å². The van der Waals surface area contributed by atoms with Crippen molar-refractivity contribution in [3.05, 3.63) is 40.6 Å². The quantitative estimate of drug-likeness (QED) is 0.377. The molecule has 0 saturated heterocycles. The second-order valence-corrected chi connectivity index (χ2v) is 6.32. The molecule has 0 atom stereocenters. The predicted octanol–water partition coefficient (Wildman–Crippen LogP) is 1.77. The maximum Gasteiger partial charge on any atom is 0.446 e. The molecule has 3 aromatic rings. The summed E-state index contributed by atoms with van der Waals surface area (Å²) in [5, 5.41) is 28.8. The smallest absolute Gasteiger partial charge is 0.446 e. The van der Waals surface area contributed by atoms with Crippen LogP contribution in [0, 0.1) is 0 Å². The van der Waals surface area contributed by atoms with Crippen LogP contribution in [0.4, 0.5) is 0 Å². The van der Waals surface area contributed by atoms with Gasteiger partial charge in [-0.15, -0.1) is 0 Å². The molecule has 2 aromatic carbocycles. The number of aromatic hydroxyl groups is 3. The fraction of sp³-hybridized carbons (Fsp3) is 0.0625. The molecular formula is C16H12O10S. The Morgan fingerprint density at radius 3 is 2.22 bits per heavy atom. The van der Waals surface area contributed by atoms with E-state index in [1.807, 2.05) is 0 Å². The Bertz CT molecular complexity index is 1190. The van der Waals surface area contributed by atoms with Crippen LogP contribution < -0.4 is 14.3 Å². The van der Waals surface area contributed by atoms with E-state index in [1.165, 1.54) is 31.4 Å². The summed E-state index contributed by atoms with van der Waals surface area (Å²) >= 11 is 0. The summed E-state index contributed by atoms with van der Waals surface area (Å²) in [4.78, 5) is 12.7. The summed E-state index contributed by atoms with van der Waals surface area (Å²) in [6, 6.07) is 6.33. The number of ether oxygens (including phenoxy) is 1. The van der Waals surface area contributed by atoms with Gasteiger partial charge in [0.15, 0.2) is 17.3 Å². The monoisotopic (exact) mass is 396 g/mol. The first-order chi connectivity index (χ1) is 12.6. The third-order valence-electron chi connectivity index (χ3n) is 3.58. The Morgan fingerprint density at radius 2 is 1.67 bits per heavy atom. The second-order valence-electron chi connectivity index (χ2n) is 5.30. The molecule has 0 radical (unpaired) electrons. The molecule has 1 heterocycles. The molecule has 0 aliphatic heterocycles. The minimum absolute atomic E-state index is 0.0349. The van der Waals surface area contributed by atoms with E-state index in [-0.39, 0.29) is 22.8 Å². The van der Waals surface area contributed by atoms with Crippen molar-refractivity contribution in [1.29, 1.82) is 0 Å². The normalized spacial score (nSPS) is 11.5. The average Bonchev–Trinajstić information content (AvgIpc) is 2.58. The molecule has 1 aromatic heterocycles. The van der Waals surface area contributed by atoms with Gasteiger partial charge in [-0.05, 0) is 24.3 Å². The third kappa shape index (κ3) is 3.32. The van der Waals surface area contributed by atoms with E-state index in [2.05, 4.69) is 4.18 Å². The fourth-order valence-electron chi connectivity index (χ4n) is 2.45. The van der Waals surface area contributed by atoms with Crippen LogP contribution in [0.25, 0.3) is 22.3 Å². The standard InChI is InChI=1S/C16H12O10S/c1-24-16-14(20)11-9(25-15(16)7-2-4-8(17)5-3-7)6-10(12(18)13(11)19)26-27(21,22)23/h2-6,17-19H,1H3,(H,21,22,23). The Kier molecular flexibility index (Phi) is 4.33. The maximum atomic E-state index is 12.7. The highest BCUT2D eigenvalue weighted by atomic mass is 32.3. The van der Waals surface area contributed by atoms with Gasteiger partial charge < -0.3 is 28.7 Å². The molecule has 0 saturated carbocycles. The number of methoxy groups -OCH3 is 1. The minimum atomic E-state index is -5.02. The van der Waals surface area contributed by atoms with Gasteiger partial charge in [0.05, 0.1) is 7.11 Å². The number of rotatable bonds is 4. The minimum Gasteiger partial charge on any atom is -0.508 e. The second kappa shape index (κ2) is 6.37. The van der Waals surface area contributed by atoms with E-state index in [9.17, 15) is 28.5 Å². The predicted molar refractivity (Wildman–Crippen MR) is 91.6 cm³/mol. The summed E-state index contributed by atoms with van der Waals surface area (Å²) in [6.07, 6.45) is 0. The van der Waals surface area contributed by atoms with E-state index < -0.39 is 38.5 Å². The SMILES string of the molecule is COc1c(-c2ccc(O)cc2)oc2cc(OS(=O)(=O)O)c(O)c(O)c2c1=O. The number of fused-ring (bicyclic) bond motifs is 1. The van der Waals surface area contributed by atoms with E-state index >= 15 is 0 Å². The molecule has 0 aliphatic carbocycles. The van der Waals surface area contributed by atoms with Crippen LogP contribution in [0.5, 0.6) is 28.7 Å². The summed E-state index contributed by atoms with van der Waals surface area (Å²) in [7, 11) is -3.83. The van der Waals surface area contributed by atoms with E-state index in [0.717, 1.165) is 6.07 Å². The molecule has 3 rings (SSSR count). The molecule has 0 amide bonds. The number of phenolic OH excluding ortho intramolecular Hbond substituents is 3. The molecule has 0 spiro atoms. The largest absolute Gasteiger partial charge is 0.508 e. The molecule has 11 heteroatoms. The van der Waals surface area contributed by atoms with E-state index in [1.54, 1.807) is 0 Å². The zero-order chi connectivity index (χ0) is 19.9. The van der Waals surface area contributed by atoms with Crippen LogP contribution in [-0.2, 0) is 10.4 Å². The van der Waals surface area contributed by atoms with Crippen LogP contribution in [0.1, 0.15) is 0 Å². The van der Waals surface area contributed by atoms with Gasteiger partial charge in [-0.1, -0.05) is 0 Å². The fourth-order valence-corrected chi connectivity index (χ4v) is 2.80. The number of hydrogen-bond donors (Lipinski definition) is 4. The molecule has 4 N–H and O–H groups in total. The molecular weight excluding hydrogens is 384 g/mol. The van der Waals surface area contributed by atoms with Gasteiger partial charge in [-0.2, -0.15) is 8.42 Å². The van der Waals surface area contributed by atoms with Crippen LogP contribution in [-0.4, -0.2) is 35.4 Å². The number of hydrogen-bond acceptors (Lipinski definition) is 9. The van der Waals surface area contributed by atoms with Gasteiger partial charge in [0.2, 0.25) is 16.9 Å². The van der Waals surface area contributed by atoms with Gasteiger partial charge in [0.25, 0.3) is 0 Å². The van der Waals surface area contributed by atoms with Gasteiger partial charge in [-0.3, -0.25) is 9.35 Å². The Hall–Kier alpha value is -3.44. The van der Waals surface area contributed by atoms with Crippen LogP contribution in [0.15, 0.2) is 39.5 Å². The lowest BCUT2D eigenvalue weighted by atomic mass is 10.1. The van der Waals surface area contributed by atoms with Gasteiger partial charge in [0, 0.05) is 11.6 Å². The lowest BCUT2D eigenvalue weighted by Gasteiger charge is -2.12. The van der Waals surface area contributed by atoms with E-state index in [0.29, 0.717) is 5.56 Å². The zero-order valence-electron chi connectivity index (χ0n) is 13.5. The number of benzene rings is 2. The molecule has 142 valence electrons. The van der Waals surface area contributed by atoms with Crippen LogP contribution in [0.2, 0.25) is 0 Å². The van der Waals surface area contributed by atoms with Crippen LogP contribution in [0.3, 0.4) is 0 Å². The molecule has 0 bridgehead atoms. The first-order valence-corrected chi connectivity index (χ1v) is 8.55. The van der Waals surface area contributed by atoms with Crippen molar-refractivity contribution in [2.45, 2.75) is 0 Å². The zero-order valence-corrected chi connectivity index (χ0v) is 14.3. The average molecular weight is 396 g/mol. The maximum absolute atomic E-state index is 12.7. The summed E-state index contributed by atoms with van der Waals surface area (Å²) < 4.78 is 45.3.